The van der Waals surface area contributed by atoms with E-state index in [4.69, 9.17) is 9.84 Å². The number of aryl methyl sites for hydroxylation is 1. The van der Waals surface area contributed by atoms with Crippen LogP contribution >= 0.6 is 0 Å². The SMILES string of the molecule is CCc1cc(O)ccc1C(=O)Oc1ccc(C(=O)O)cc1. The fourth-order valence-corrected chi connectivity index (χ4v) is 1.90. The molecule has 0 aromatic heterocycles. The molecule has 0 aliphatic rings. The lowest BCUT2D eigenvalue weighted by Crippen LogP contribution is -2.11. The number of rotatable bonds is 4. The number of carbonyl (C=O) groups is 2. The van der Waals surface area contributed by atoms with Gasteiger partial charge < -0.3 is 14.9 Å². The minimum atomic E-state index is -1.04. The third kappa shape index (κ3) is 3.39. The average Bonchev–Trinajstić information content (AvgIpc) is 2.47. The van der Waals surface area contributed by atoms with Crippen LogP contribution in [0.25, 0.3) is 0 Å². The van der Waals surface area contributed by atoms with Crippen molar-refractivity contribution in [3.8, 4) is 11.5 Å². The number of carboxylic acid groups (broad SMARTS) is 1. The van der Waals surface area contributed by atoms with Gasteiger partial charge in [-0.2, -0.15) is 0 Å². The maximum atomic E-state index is 12.1. The maximum Gasteiger partial charge on any atom is 0.343 e. The Kier molecular flexibility index (Phi) is 4.23. The number of hydrogen-bond donors (Lipinski definition) is 2. The van der Waals surface area contributed by atoms with Gasteiger partial charge in [0.2, 0.25) is 0 Å². The van der Waals surface area contributed by atoms with Crippen LogP contribution < -0.4 is 4.74 Å². The van der Waals surface area contributed by atoms with Crippen molar-refractivity contribution < 1.29 is 24.5 Å². The molecule has 0 bridgehead atoms. The Bertz CT molecular complexity index is 674. The van der Waals surface area contributed by atoms with Crippen molar-refractivity contribution in [1.29, 1.82) is 0 Å². The third-order valence-electron chi connectivity index (χ3n) is 3.00. The van der Waals surface area contributed by atoms with Crippen LogP contribution in [0.3, 0.4) is 0 Å². The predicted octanol–water partition coefficient (Wildman–Crippen LogP) is 2.87. The Morgan fingerprint density at radius 3 is 2.33 bits per heavy atom. The van der Waals surface area contributed by atoms with Crippen LogP contribution in [-0.4, -0.2) is 22.2 Å². The van der Waals surface area contributed by atoms with Crippen LogP contribution in [0.4, 0.5) is 0 Å². The molecule has 0 atom stereocenters. The van der Waals surface area contributed by atoms with Gasteiger partial charge in [-0.15, -0.1) is 0 Å². The number of hydrogen-bond acceptors (Lipinski definition) is 4. The highest BCUT2D eigenvalue weighted by molar-refractivity contribution is 5.93. The lowest BCUT2D eigenvalue weighted by atomic mass is 10.1. The molecular formula is C16H14O5. The van der Waals surface area contributed by atoms with Gasteiger partial charge in [-0.1, -0.05) is 6.92 Å². The number of phenols is 1. The molecule has 2 N–H and O–H groups in total. The molecule has 2 aromatic rings. The quantitative estimate of drug-likeness (QED) is 0.667. The van der Waals surface area contributed by atoms with Crippen molar-refractivity contribution in [1.82, 2.24) is 0 Å². The van der Waals surface area contributed by atoms with Gasteiger partial charge in [-0.05, 0) is 54.4 Å². The van der Waals surface area contributed by atoms with Gasteiger partial charge >= 0.3 is 11.9 Å². The molecule has 0 fully saturated rings. The van der Waals surface area contributed by atoms with Crippen LogP contribution in [0.2, 0.25) is 0 Å². The molecule has 2 aromatic carbocycles. The summed E-state index contributed by atoms with van der Waals surface area (Å²) >= 11 is 0. The first-order valence-corrected chi connectivity index (χ1v) is 6.38. The number of ether oxygens (including phenoxy) is 1. The molecule has 0 radical (unpaired) electrons. The summed E-state index contributed by atoms with van der Waals surface area (Å²) in [5, 5.41) is 18.2. The van der Waals surface area contributed by atoms with Gasteiger partial charge in [-0.25, -0.2) is 9.59 Å². The van der Waals surface area contributed by atoms with Crippen molar-refractivity contribution >= 4 is 11.9 Å². The van der Waals surface area contributed by atoms with Crippen LogP contribution in [0.5, 0.6) is 11.5 Å². The highest BCUT2D eigenvalue weighted by Gasteiger charge is 2.14. The number of carbonyl (C=O) groups excluding carboxylic acids is 1. The normalized spacial score (nSPS) is 10.1. The zero-order chi connectivity index (χ0) is 15.4. The molecule has 21 heavy (non-hydrogen) atoms. The number of esters is 1. The molecular weight excluding hydrogens is 272 g/mol. The summed E-state index contributed by atoms with van der Waals surface area (Å²) in [6.45, 7) is 1.87. The largest absolute Gasteiger partial charge is 0.508 e. The van der Waals surface area contributed by atoms with E-state index in [0.717, 1.165) is 0 Å². The Labute approximate surface area is 121 Å². The first kappa shape index (κ1) is 14.6. The summed E-state index contributed by atoms with van der Waals surface area (Å²) in [5.41, 5.74) is 1.17. The monoisotopic (exact) mass is 286 g/mol. The molecule has 0 aliphatic heterocycles. The standard InChI is InChI=1S/C16H14O5/c1-2-10-9-12(17)5-8-14(10)16(20)21-13-6-3-11(4-7-13)15(18)19/h3-9,17H,2H2,1H3,(H,18,19). The minimum Gasteiger partial charge on any atom is -0.508 e. The Morgan fingerprint density at radius 1 is 1.10 bits per heavy atom. The van der Waals surface area contributed by atoms with Gasteiger partial charge in [0.25, 0.3) is 0 Å². The summed E-state index contributed by atoms with van der Waals surface area (Å²) in [7, 11) is 0. The summed E-state index contributed by atoms with van der Waals surface area (Å²) in [5.74, 6) is -1.23. The molecule has 0 saturated carbocycles. The molecule has 0 unspecified atom stereocenters. The van der Waals surface area contributed by atoms with E-state index in [2.05, 4.69) is 0 Å². The third-order valence-corrected chi connectivity index (χ3v) is 3.00. The van der Waals surface area contributed by atoms with E-state index in [1.807, 2.05) is 6.92 Å². The second-order valence-electron chi connectivity index (χ2n) is 4.41. The van der Waals surface area contributed by atoms with Gasteiger partial charge in [0, 0.05) is 0 Å². The Balaban J connectivity index is 2.19. The number of aromatic hydroxyl groups is 1. The molecule has 108 valence electrons. The van der Waals surface area contributed by atoms with Crippen molar-refractivity contribution in [2.45, 2.75) is 13.3 Å². The van der Waals surface area contributed by atoms with Crippen molar-refractivity contribution in [3.05, 3.63) is 59.2 Å². The van der Waals surface area contributed by atoms with Crippen molar-refractivity contribution in [3.63, 3.8) is 0 Å². The molecule has 5 nitrogen and oxygen atoms in total. The van der Waals surface area contributed by atoms with Gasteiger partial charge in [0.1, 0.15) is 11.5 Å². The van der Waals surface area contributed by atoms with E-state index >= 15 is 0 Å². The zero-order valence-corrected chi connectivity index (χ0v) is 11.4. The number of phenolic OH excluding ortho intramolecular Hbond substituents is 1. The average molecular weight is 286 g/mol. The number of aromatic carboxylic acids is 1. The van der Waals surface area contributed by atoms with Crippen LogP contribution in [0.1, 0.15) is 33.2 Å². The van der Waals surface area contributed by atoms with Crippen molar-refractivity contribution in [2.75, 3.05) is 0 Å². The number of benzene rings is 2. The van der Waals surface area contributed by atoms with Crippen molar-refractivity contribution in [2.24, 2.45) is 0 Å². The maximum absolute atomic E-state index is 12.1. The predicted molar refractivity (Wildman–Crippen MR) is 75.8 cm³/mol. The second-order valence-corrected chi connectivity index (χ2v) is 4.41. The summed E-state index contributed by atoms with van der Waals surface area (Å²) in [6.07, 6.45) is 0.580. The smallest absolute Gasteiger partial charge is 0.343 e. The molecule has 0 saturated heterocycles. The highest BCUT2D eigenvalue weighted by Crippen LogP contribution is 2.20. The van der Waals surface area contributed by atoms with Gasteiger partial charge in [-0.3, -0.25) is 0 Å². The van der Waals surface area contributed by atoms with Gasteiger partial charge in [0.05, 0.1) is 11.1 Å². The highest BCUT2D eigenvalue weighted by atomic mass is 16.5. The number of carboxylic acids is 1. The van der Waals surface area contributed by atoms with E-state index in [1.165, 1.54) is 42.5 Å². The molecule has 0 aliphatic carbocycles. The molecule has 5 heteroatoms. The fraction of sp³-hybridized carbons (Fsp3) is 0.125. The molecule has 2 rings (SSSR count). The van der Waals surface area contributed by atoms with Crippen LogP contribution in [-0.2, 0) is 6.42 Å². The summed E-state index contributed by atoms with van der Waals surface area (Å²) in [4.78, 5) is 22.8. The van der Waals surface area contributed by atoms with Gasteiger partial charge in [0.15, 0.2) is 0 Å². The van der Waals surface area contributed by atoms with E-state index in [0.29, 0.717) is 17.5 Å². The molecule has 0 spiro atoms. The van der Waals surface area contributed by atoms with Crippen LogP contribution in [0.15, 0.2) is 42.5 Å². The topological polar surface area (TPSA) is 83.8 Å². The lowest BCUT2D eigenvalue weighted by Gasteiger charge is -2.08. The van der Waals surface area contributed by atoms with Crippen LogP contribution in [0, 0.1) is 0 Å². The van der Waals surface area contributed by atoms with E-state index in [9.17, 15) is 14.7 Å². The molecule has 0 heterocycles. The van der Waals surface area contributed by atoms with E-state index in [-0.39, 0.29) is 17.1 Å². The second kappa shape index (κ2) is 6.09. The summed E-state index contributed by atoms with van der Waals surface area (Å²) < 4.78 is 5.20. The Hall–Kier alpha value is -2.82. The van der Waals surface area contributed by atoms with E-state index in [1.54, 1.807) is 0 Å². The zero-order valence-electron chi connectivity index (χ0n) is 11.4. The molecule has 0 amide bonds. The fourth-order valence-electron chi connectivity index (χ4n) is 1.90. The Morgan fingerprint density at radius 2 is 1.76 bits per heavy atom. The minimum absolute atomic E-state index is 0.0919. The van der Waals surface area contributed by atoms with E-state index < -0.39 is 11.9 Å². The first-order valence-electron chi connectivity index (χ1n) is 6.38. The lowest BCUT2D eigenvalue weighted by molar-refractivity contribution is 0.0696. The first-order chi connectivity index (χ1) is 10.0. The summed E-state index contributed by atoms with van der Waals surface area (Å²) in [6, 6.07) is 10.0.